The van der Waals surface area contributed by atoms with Gasteiger partial charge in [0.1, 0.15) is 11.4 Å². The summed E-state index contributed by atoms with van der Waals surface area (Å²) < 4.78 is 27.9. The average Bonchev–Trinajstić information content (AvgIpc) is 3.14. The number of rotatable bonds is 5. The molecule has 0 atom stereocenters. The molecule has 1 N–H and O–H groups in total. The lowest BCUT2D eigenvalue weighted by atomic mass is 10.1. The number of pyridine rings is 1. The molecule has 1 aliphatic rings. The monoisotopic (exact) mass is 458 g/mol. The van der Waals surface area contributed by atoms with E-state index in [1.165, 1.54) is 13.2 Å². The van der Waals surface area contributed by atoms with Crippen LogP contribution < -0.4 is 19.7 Å². The summed E-state index contributed by atoms with van der Waals surface area (Å²) in [4.78, 5) is 19.2. The zero-order valence-corrected chi connectivity index (χ0v) is 19.7. The van der Waals surface area contributed by atoms with Gasteiger partial charge in [-0.05, 0) is 12.1 Å². The van der Waals surface area contributed by atoms with Gasteiger partial charge in [0.2, 0.25) is 5.91 Å². The molecule has 0 bridgehead atoms. The summed E-state index contributed by atoms with van der Waals surface area (Å²) in [7, 11) is 3.07. The minimum absolute atomic E-state index is 0.0179. The number of methoxy groups -OCH3 is 2. The molecular weight excluding hydrogens is 431 g/mol. The number of imidazole rings is 1. The molecule has 0 saturated carbocycles. The second-order valence-corrected chi connectivity index (χ2v) is 10.4. The van der Waals surface area contributed by atoms with Crippen LogP contribution in [0.25, 0.3) is 16.9 Å². The van der Waals surface area contributed by atoms with Crippen molar-refractivity contribution in [3.8, 4) is 22.8 Å². The Kier molecular flexibility index (Phi) is 5.94. The topological polar surface area (TPSA) is 68.1 Å². The van der Waals surface area contributed by atoms with Crippen LogP contribution in [0.5, 0.6) is 11.5 Å². The van der Waals surface area contributed by atoms with Gasteiger partial charge in [-0.1, -0.05) is 20.8 Å². The quantitative estimate of drug-likeness (QED) is 0.584. The van der Waals surface area contributed by atoms with Crippen molar-refractivity contribution >= 4 is 29.0 Å². The van der Waals surface area contributed by atoms with E-state index in [4.69, 9.17) is 9.47 Å². The highest BCUT2D eigenvalue weighted by Crippen LogP contribution is 2.40. The molecule has 3 heterocycles. The van der Waals surface area contributed by atoms with Crippen molar-refractivity contribution in [2.75, 3.05) is 38.8 Å². The van der Waals surface area contributed by atoms with E-state index in [2.05, 4.69) is 31.1 Å². The van der Waals surface area contributed by atoms with Gasteiger partial charge in [-0.3, -0.25) is 9.20 Å². The molecule has 1 saturated heterocycles. The number of hydrogen-bond acceptors (Lipinski definition) is 6. The van der Waals surface area contributed by atoms with Gasteiger partial charge in [-0.2, -0.15) is 0 Å². The summed E-state index contributed by atoms with van der Waals surface area (Å²) >= 11 is 1.69. The number of aromatic nitrogens is 2. The second kappa shape index (κ2) is 8.54. The molecule has 0 radical (unpaired) electrons. The highest BCUT2D eigenvalue weighted by atomic mass is 32.2. The third kappa shape index (κ3) is 4.34. The molecular formula is C23H27FN4O3S. The maximum absolute atomic E-state index is 15.1. The average molecular weight is 459 g/mol. The standard InChI is InChI=1S/C23H27FN4O3S/c1-23(2,3)32-19-12-28-17(11-26-20(28)10-18(19)30-4)14-8-15(24)22(31-5)16(9-14)27-7-6-25-21(29)13-27/h8-12H,6-7,13H2,1-5H3,(H,25,29). The molecule has 1 aliphatic heterocycles. The first-order valence-electron chi connectivity index (χ1n) is 10.3. The van der Waals surface area contributed by atoms with Crippen LogP contribution in [0.1, 0.15) is 20.8 Å². The Morgan fingerprint density at radius 1 is 1.19 bits per heavy atom. The largest absolute Gasteiger partial charge is 0.495 e. The molecule has 0 aliphatic carbocycles. The number of hydrogen-bond donors (Lipinski definition) is 1. The van der Waals surface area contributed by atoms with Crippen molar-refractivity contribution in [3.05, 3.63) is 36.4 Å². The fraction of sp³-hybridized carbons (Fsp3) is 0.391. The Bertz CT molecular complexity index is 1170. The van der Waals surface area contributed by atoms with Gasteiger partial charge in [0.25, 0.3) is 0 Å². The predicted octanol–water partition coefficient (Wildman–Crippen LogP) is 3.98. The Hall–Kier alpha value is -2.94. The molecule has 170 valence electrons. The number of amides is 1. The summed E-state index contributed by atoms with van der Waals surface area (Å²) in [6.45, 7) is 7.62. The van der Waals surface area contributed by atoms with Crippen LogP contribution >= 0.6 is 11.8 Å². The minimum Gasteiger partial charge on any atom is -0.495 e. The number of thioether (sulfide) groups is 1. The van der Waals surface area contributed by atoms with Crippen LogP contribution in [0.2, 0.25) is 0 Å². The van der Waals surface area contributed by atoms with E-state index in [1.807, 2.05) is 27.6 Å². The molecule has 2 aromatic heterocycles. The van der Waals surface area contributed by atoms with Gasteiger partial charge in [0, 0.05) is 35.7 Å². The van der Waals surface area contributed by atoms with E-state index in [0.29, 0.717) is 30.0 Å². The van der Waals surface area contributed by atoms with Crippen molar-refractivity contribution in [1.29, 1.82) is 0 Å². The van der Waals surface area contributed by atoms with Gasteiger partial charge in [-0.15, -0.1) is 11.8 Å². The van der Waals surface area contributed by atoms with Crippen molar-refractivity contribution in [3.63, 3.8) is 0 Å². The van der Waals surface area contributed by atoms with Crippen LogP contribution in [0.4, 0.5) is 10.1 Å². The summed E-state index contributed by atoms with van der Waals surface area (Å²) in [5.74, 6) is 0.284. The Morgan fingerprint density at radius 3 is 2.62 bits per heavy atom. The van der Waals surface area contributed by atoms with Crippen molar-refractivity contribution < 1.29 is 18.7 Å². The molecule has 3 aromatic rings. The number of carbonyl (C=O) groups excluding carboxylic acids is 1. The zero-order valence-electron chi connectivity index (χ0n) is 18.9. The number of nitrogens with one attached hydrogen (secondary N) is 1. The normalized spacial score (nSPS) is 14.6. The fourth-order valence-electron chi connectivity index (χ4n) is 3.77. The number of nitrogens with zero attached hydrogens (tertiary/aromatic N) is 3. The zero-order chi connectivity index (χ0) is 23.0. The van der Waals surface area contributed by atoms with Crippen LogP contribution in [0, 0.1) is 5.82 Å². The highest BCUT2D eigenvalue weighted by Gasteiger charge is 2.24. The summed E-state index contributed by atoms with van der Waals surface area (Å²) in [6, 6.07) is 5.18. The van der Waals surface area contributed by atoms with Crippen LogP contribution in [-0.2, 0) is 4.79 Å². The molecule has 1 fully saturated rings. The van der Waals surface area contributed by atoms with E-state index in [-0.39, 0.29) is 22.9 Å². The Labute approximate surface area is 190 Å². The highest BCUT2D eigenvalue weighted by molar-refractivity contribution is 8.00. The smallest absolute Gasteiger partial charge is 0.239 e. The fourth-order valence-corrected chi connectivity index (χ4v) is 4.84. The van der Waals surface area contributed by atoms with E-state index in [0.717, 1.165) is 16.3 Å². The van der Waals surface area contributed by atoms with E-state index < -0.39 is 5.82 Å². The van der Waals surface area contributed by atoms with Crippen LogP contribution in [-0.4, -0.2) is 53.9 Å². The lowest BCUT2D eigenvalue weighted by Crippen LogP contribution is -2.47. The van der Waals surface area contributed by atoms with Gasteiger partial charge in [0.05, 0.1) is 43.2 Å². The predicted molar refractivity (Wildman–Crippen MR) is 125 cm³/mol. The van der Waals surface area contributed by atoms with Crippen molar-refractivity contribution in [2.24, 2.45) is 0 Å². The summed E-state index contributed by atoms with van der Waals surface area (Å²) in [6.07, 6.45) is 3.69. The Balaban J connectivity index is 1.85. The molecule has 9 heteroatoms. The summed E-state index contributed by atoms with van der Waals surface area (Å²) in [5, 5.41) is 2.79. The van der Waals surface area contributed by atoms with Crippen LogP contribution in [0.15, 0.2) is 35.5 Å². The first kappa shape index (κ1) is 22.3. The van der Waals surface area contributed by atoms with E-state index in [1.54, 1.807) is 25.1 Å². The second-order valence-electron chi connectivity index (χ2n) is 8.57. The molecule has 1 aromatic carbocycles. The molecule has 7 nitrogen and oxygen atoms in total. The number of fused-ring (bicyclic) bond motifs is 1. The first-order chi connectivity index (χ1) is 15.2. The number of carbonyl (C=O) groups is 1. The van der Waals surface area contributed by atoms with Gasteiger partial charge in [0.15, 0.2) is 11.6 Å². The first-order valence-corrected chi connectivity index (χ1v) is 11.2. The third-order valence-electron chi connectivity index (χ3n) is 5.11. The maximum atomic E-state index is 15.1. The number of halogens is 1. The molecule has 1 amide bonds. The van der Waals surface area contributed by atoms with E-state index in [9.17, 15) is 4.79 Å². The maximum Gasteiger partial charge on any atom is 0.239 e. The summed E-state index contributed by atoms with van der Waals surface area (Å²) in [5.41, 5.74) is 2.63. The Morgan fingerprint density at radius 2 is 1.97 bits per heavy atom. The van der Waals surface area contributed by atoms with Gasteiger partial charge < -0.3 is 19.7 Å². The van der Waals surface area contributed by atoms with Crippen molar-refractivity contribution in [2.45, 2.75) is 30.4 Å². The van der Waals surface area contributed by atoms with Crippen molar-refractivity contribution in [1.82, 2.24) is 14.7 Å². The number of benzene rings is 1. The molecule has 32 heavy (non-hydrogen) atoms. The van der Waals surface area contributed by atoms with Gasteiger partial charge in [-0.25, -0.2) is 9.37 Å². The lowest BCUT2D eigenvalue weighted by molar-refractivity contribution is -0.120. The SMILES string of the molecule is COc1cc2ncc(-c3cc(F)c(OC)c(N4CCNC(=O)C4)c3)n2cc1SC(C)(C)C. The third-order valence-corrected chi connectivity index (χ3v) is 6.25. The molecule has 0 unspecified atom stereocenters. The number of anilines is 1. The molecule has 4 rings (SSSR count). The lowest BCUT2D eigenvalue weighted by Gasteiger charge is -2.30. The van der Waals surface area contributed by atoms with Gasteiger partial charge >= 0.3 is 0 Å². The molecule has 0 spiro atoms. The van der Waals surface area contributed by atoms with Crippen LogP contribution in [0.3, 0.4) is 0 Å². The number of ether oxygens (including phenoxy) is 2. The number of piperazine rings is 1. The minimum atomic E-state index is -0.487. The van der Waals surface area contributed by atoms with E-state index >= 15 is 4.39 Å².